The molecule has 2 aromatic rings. The first-order chi connectivity index (χ1) is 8.38. The highest BCUT2D eigenvalue weighted by atomic mass is 35.5. The molecule has 0 spiro atoms. The number of aromatic nitrogens is 1. The summed E-state index contributed by atoms with van der Waals surface area (Å²) in [5.74, 6) is 0. The van der Waals surface area contributed by atoms with Gasteiger partial charge >= 0.3 is 6.18 Å². The molecule has 1 heterocycles. The van der Waals surface area contributed by atoms with Crippen molar-refractivity contribution in [2.24, 2.45) is 0 Å². The largest absolute Gasteiger partial charge is 0.417 e. The molecule has 0 aliphatic rings. The van der Waals surface area contributed by atoms with Gasteiger partial charge in [-0.25, -0.2) is 4.98 Å². The molecule has 94 valence electrons. The predicted molar refractivity (Wildman–Crippen MR) is 64.7 cm³/mol. The minimum absolute atomic E-state index is 0.0469. The van der Waals surface area contributed by atoms with Gasteiger partial charge in [-0.05, 0) is 18.2 Å². The van der Waals surface area contributed by atoms with E-state index in [4.69, 9.17) is 23.2 Å². The number of halogens is 5. The summed E-state index contributed by atoms with van der Waals surface area (Å²) >= 11 is 11.5. The van der Waals surface area contributed by atoms with Crippen LogP contribution in [0.3, 0.4) is 0 Å². The molecule has 0 aliphatic heterocycles. The second-order valence-electron chi connectivity index (χ2n) is 3.54. The number of benzene rings is 1. The van der Waals surface area contributed by atoms with E-state index in [9.17, 15) is 13.2 Å². The molecule has 1 nitrogen and oxygen atoms in total. The van der Waals surface area contributed by atoms with E-state index in [1.807, 2.05) is 0 Å². The minimum Gasteiger partial charge on any atom is -0.236 e. The van der Waals surface area contributed by atoms with E-state index in [1.165, 1.54) is 30.3 Å². The van der Waals surface area contributed by atoms with Crippen LogP contribution in [-0.4, -0.2) is 4.98 Å². The molecule has 0 saturated carbocycles. The van der Waals surface area contributed by atoms with Crippen LogP contribution in [0.5, 0.6) is 0 Å². The Hall–Kier alpha value is -1.26. The summed E-state index contributed by atoms with van der Waals surface area (Å²) in [6.45, 7) is 0. The summed E-state index contributed by atoms with van der Waals surface area (Å²) in [6, 6.07) is 7.85. The Morgan fingerprint density at radius 3 is 2.28 bits per heavy atom. The number of nitrogens with zero attached hydrogens (tertiary/aromatic N) is 1. The highest BCUT2D eigenvalue weighted by molar-refractivity contribution is 6.34. The lowest BCUT2D eigenvalue weighted by atomic mass is 10.0. The standard InChI is InChI=1S/C12H6Cl2F3N/c13-7-5-10(18-11(14)6-7)8-3-1-2-4-9(8)12(15,16)17/h1-6H. The van der Waals surface area contributed by atoms with Crippen LogP contribution >= 0.6 is 23.2 Å². The Morgan fingerprint density at radius 1 is 1.00 bits per heavy atom. The third-order valence-electron chi connectivity index (χ3n) is 2.27. The molecule has 0 atom stereocenters. The fourth-order valence-corrected chi connectivity index (χ4v) is 2.03. The molecule has 1 aromatic heterocycles. The van der Waals surface area contributed by atoms with Crippen LogP contribution < -0.4 is 0 Å². The normalized spacial score (nSPS) is 11.6. The van der Waals surface area contributed by atoms with Crippen LogP contribution in [0.4, 0.5) is 13.2 Å². The van der Waals surface area contributed by atoms with Crippen LogP contribution in [0.25, 0.3) is 11.3 Å². The lowest BCUT2D eigenvalue weighted by molar-refractivity contribution is -0.137. The zero-order valence-electron chi connectivity index (χ0n) is 8.80. The van der Waals surface area contributed by atoms with Gasteiger partial charge in [-0.3, -0.25) is 0 Å². The number of pyridine rings is 1. The first-order valence-corrected chi connectivity index (χ1v) is 5.63. The summed E-state index contributed by atoms with van der Waals surface area (Å²) in [6.07, 6.45) is -4.45. The van der Waals surface area contributed by atoms with Crippen LogP contribution in [0, 0.1) is 0 Å². The maximum atomic E-state index is 12.8. The molecule has 0 fully saturated rings. The Bertz CT molecular complexity index is 562. The molecule has 0 radical (unpaired) electrons. The average molecular weight is 292 g/mol. The molecule has 18 heavy (non-hydrogen) atoms. The molecular formula is C12H6Cl2F3N. The van der Waals surface area contributed by atoms with Gasteiger partial charge in [0.25, 0.3) is 0 Å². The molecule has 0 aliphatic carbocycles. The second kappa shape index (κ2) is 4.78. The first kappa shape index (κ1) is 13.2. The number of alkyl halides is 3. The van der Waals surface area contributed by atoms with Crippen molar-refractivity contribution in [2.75, 3.05) is 0 Å². The highest BCUT2D eigenvalue weighted by Crippen LogP contribution is 2.37. The fourth-order valence-electron chi connectivity index (χ4n) is 1.56. The van der Waals surface area contributed by atoms with E-state index < -0.39 is 11.7 Å². The van der Waals surface area contributed by atoms with Crippen LogP contribution in [0.1, 0.15) is 5.56 Å². The van der Waals surface area contributed by atoms with Crippen molar-refractivity contribution in [1.29, 1.82) is 0 Å². The van der Waals surface area contributed by atoms with Gasteiger partial charge in [0.1, 0.15) is 5.15 Å². The van der Waals surface area contributed by atoms with Gasteiger partial charge in [0.15, 0.2) is 0 Å². The Morgan fingerprint density at radius 2 is 1.67 bits per heavy atom. The van der Waals surface area contributed by atoms with Crippen molar-refractivity contribution >= 4 is 23.2 Å². The Balaban J connectivity index is 2.64. The topological polar surface area (TPSA) is 12.9 Å². The molecular weight excluding hydrogens is 286 g/mol. The number of rotatable bonds is 1. The summed E-state index contributed by atoms with van der Waals surface area (Å²) in [5.41, 5.74) is -0.717. The Labute approximate surface area is 111 Å². The van der Waals surface area contributed by atoms with E-state index in [0.717, 1.165) is 6.07 Å². The predicted octanol–water partition coefficient (Wildman–Crippen LogP) is 5.07. The maximum absolute atomic E-state index is 12.8. The van der Waals surface area contributed by atoms with Gasteiger partial charge in [-0.15, -0.1) is 0 Å². The molecule has 2 rings (SSSR count). The maximum Gasteiger partial charge on any atom is 0.417 e. The van der Waals surface area contributed by atoms with Crippen molar-refractivity contribution in [2.45, 2.75) is 6.18 Å². The number of hydrogen-bond donors (Lipinski definition) is 0. The summed E-state index contributed by atoms with van der Waals surface area (Å²) in [7, 11) is 0. The Kier molecular flexibility index (Phi) is 3.50. The average Bonchev–Trinajstić information content (AvgIpc) is 2.26. The fraction of sp³-hybridized carbons (Fsp3) is 0.0833. The van der Waals surface area contributed by atoms with Crippen LogP contribution in [0.15, 0.2) is 36.4 Å². The molecule has 0 unspecified atom stereocenters. The van der Waals surface area contributed by atoms with E-state index in [1.54, 1.807) is 0 Å². The third-order valence-corrected chi connectivity index (χ3v) is 2.68. The monoisotopic (exact) mass is 291 g/mol. The van der Waals surface area contributed by atoms with Crippen molar-refractivity contribution in [3.63, 3.8) is 0 Å². The molecule has 1 aromatic carbocycles. The van der Waals surface area contributed by atoms with Gasteiger partial charge in [0.05, 0.1) is 11.3 Å². The van der Waals surface area contributed by atoms with Gasteiger partial charge in [-0.2, -0.15) is 13.2 Å². The number of hydrogen-bond acceptors (Lipinski definition) is 1. The molecule has 0 amide bonds. The van der Waals surface area contributed by atoms with E-state index in [-0.39, 0.29) is 21.4 Å². The third kappa shape index (κ3) is 2.76. The molecule has 6 heteroatoms. The van der Waals surface area contributed by atoms with Crippen molar-refractivity contribution < 1.29 is 13.2 Å². The quantitative estimate of drug-likeness (QED) is 0.668. The van der Waals surface area contributed by atoms with Crippen molar-refractivity contribution in [3.05, 3.63) is 52.1 Å². The first-order valence-electron chi connectivity index (χ1n) is 4.87. The molecule has 0 saturated heterocycles. The summed E-state index contributed by atoms with van der Waals surface area (Å²) in [5, 5.41) is 0.288. The second-order valence-corrected chi connectivity index (χ2v) is 4.36. The van der Waals surface area contributed by atoms with E-state index in [2.05, 4.69) is 4.98 Å². The van der Waals surface area contributed by atoms with E-state index in [0.29, 0.717) is 0 Å². The molecule has 0 bridgehead atoms. The lowest BCUT2D eigenvalue weighted by Crippen LogP contribution is -2.07. The van der Waals surface area contributed by atoms with Crippen LogP contribution in [-0.2, 0) is 6.18 Å². The van der Waals surface area contributed by atoms with E-state index >= 15 is 0 Å². The van der Waals surface area contributed by atoms with Gasteiger partial charge in [0, 0.05) is 10.6 Å². The van der Waals surface area contributed by atoms with Crippen LogP contribution in [0.2, 0.25) is 10.2 Å². The van der Waals surface area contributed by atoms with Crippen molar-refractivity contribution in [3.8, 4) is 11.3 Å². The highest BCUT2D eigenvalue weighted by Gasteiger charge is 2.33. The zero-order chi connectivity index (χ0) is 13.3. The zero-order valence-corrected chi connectivity index (χ0v) is 10.3. The summed E-state index contributed by atoms with van der Waals surface area (Å²) in [4.78, 5) is 3.86. The SMILES string of the molecule is FC(F)(F)c1ccccc1-c1cc(Cl)cc(Cl)n1. The van der Waals surface area contributed by atoms with Gasteiger partial charge in [0.2, 0.25) is 0 Å². The van der Waals surface area contributed by atoms with Gasteiger partial charge < -0.3 is 0 Å². The van der Waals surface area contributed by atoms with Gasteiger partial charge in [-0.1, -0.05) is 41.4 Å². The summed E-state index contributed by atoms with van der Waals surface area (Å²) < 4.78 is 38.5. The molecule has 0 N–H and O–H groups in total. The minimum atomic E-state index is -4.45. The van der Waals surface area contributed by atoms with Crippen molar-refractivity contribution in [1.82, 2.24) is 4.98 Å². The smallest absolute Gasteiger partial charge is 0.236 e. The lowest BCUT2D eigenvalue weighted by Gasteiger charge is -2.12.